The van der Waals surface area contributed by atoms with Crippen LogP contribution in [0.4, 0.5) is 5.69 Å². The largest absolute Gasteiger partial charge is 0.492 e. The molecule has 0 spiro atoms. The van der Waals surface area contributed by atoms with E-state index in [1.54, 1.807) is 30.3 Å². The smallest absolute Gasteiger partial charge is 0.254 e. The molecule has 7 heteroatoms. The summed E-state index contributed by atoms with van der Waals surface area (Å²) in [6.07, 6.45) is 3.07. The Kier molecular flexibility index (Phi) is 6.54. The van der Waals surface area contributed by atoms with Crippen LogP contribution in [-0.4, -0.2) is 41.0 Å². The van der Waals surface area contributed by atoms with Gasteiger partial charge in [0, 0.05) is 24.5 Å². The zero-order chi connectivity index (χ0) is 22.5. The third kappa shape index (κ3) is 4.51. The molecule has 0 aliphatic carbocycles. The normalized spacial score (nSPS) is 13.7. The Hall–Kier alpha value is -3.61. The number of rotatable bonds is 6. The Balaban J connectivity index is 1.64. The molecular formula is C25H27N3O4. The van der Waals surface area contributed by atoms with Crippen molar-refractivity contribution in [3.8, 4) is 5.75 Å². The van der Waals surface area contributed by atoms with Gasteiger partial charge in [0.25, 0.3) is 11.5 Å². The molecule has 0 saturated carbocycles. The molecule has 1 N–H and O–H groups in total. The first-order valence-corrected chi connectivity index (χ1v) is 11.0. The molecule has 1 aromatic heterocycles. The van der Waals surface area contributed by atoms with E-state index in [9.17, 15) is 14.4 Å². The number of piperidine rings is 1. The van der Waals surface area contributed by atoms with Gasteiger partial charge < -0.3 is 15.0 Å². The predicted octanol–water partition coefficient (Wildman–Crippen LogP) is 3.67. The van der Waals surface area contributed by atoms with Gasteiger partial charge in [0.05, 0.1) is 23.4 Å². The van der Waals surface area contributed by atoms with Crippen LogP contribution >= 0.6 is 0 Å². The molecule has 3 aromatic rings. The fraction of sp³-hybridized carbons (Fsp3) is 0.320. The van der Waals surface area contributed by atoms with Gasteiger partial charge in [0.1, 0.15) is 12.3 Å². The van der Waals surface area contributed by atoms with Crippen molar-refractivity contribution in [3.05, 3.63) is 70.5 Å². The van der Waals surface area contributed by atoms with Crippen molar-refractivity contribution in [1.29, 1.82) is 0 Å². The highest BCUT2D eigenvalue weighted by atomic mass is 16.5. The summed E-state index contributed by atoms with van der Waals surface area (Å²) in [4.78, 5) is 40.7. The molecule has 1 aliphatic rings. The first-order valence-electron chi connectivity index (χ1n) is 11.0. The fourth-order valence-corrected chi connectivity index (χ4v) is 4.13. The molecule has 1 fully saturated rings. The van der Waals surface area contributed by atoms with Gasteiger partial charge >= 0.3 is 0 Å². The molecule has 166 valence electrons. The summed E-state index contributed by atoms with van der Waals surface area (Å²) in [5.41, 5.74) is 1.13. The van der Waals surface area contributed by atoms with E-state index in [0.29, 0.717) is 47.6 Å². The van der Waals surface area contributed by atoms with Crippen LogP contribution in [0.1, 0.15) is 36.5 Å². The molecule has 1 aliphatic heterocycles. The zero-order valence-corrected chi connectivity index (χ0v) is 18.2. The Morgan fingerprint density at radius 1 is 1.00 bits per heavy atom. The third-order valence-corrected chi connectivity index (χ3v) is 5.66. The second-order valence-corrected chi connectivity index (χ2v) is 7.83. The topological polar surface area (TPSA) is 80.6 Å². The lowest BCUT2D eigenvalue weighted by Gasteiger charge is -2.27. The van der Waals surface area contributed by atoms with Gasteiger partial charge in [-0.05, 0) is 44.4 Å². The molecule has 0 unspecified atom stereocenters. The summed E-state index contributed by atoms with van der Waals surface area (Å²) in [6.45, 7) is 3.59. The number of carbonyl (C=O) groups excluding carboxylic acids is 2. The number of benzene rings is 2. The zero-order valence-electron chi connectivity index (χ0n) is 18.2. The lowest BCUT2D eigenvalue weighted by atomic mass is 10.0. The van der Waals surface area contributed by atoms with Crippen molar-refractivity contribution in [1.82, 2.24) is 9.47 Å². The highest BCUT2D eigenvalue weighted by Gasteiger charge is 2.22. The molecule has 32 heavy (non-hydrogen) atoms. The highest BCUT2D eigenvalue weighted by molar-refractivity contribution is 6.06. The Labute approximate surface area is 186 Å². The number of aromatic nitrogens is 1. The molecular weight excluding hydrogens is 406 g/mol. The van der Waals surface area contributed by atoms with Crippen LogP contribution in [0.2, 0.25) is 0 Å². The predicted molar refractivity (Wildman–Crippen MR) is 124 cm³/mol. The summed E-state index contributed by atoms with van der Waals surface area (Å²) in [7, 11) is 0. The van der Waals surface area contributed by atoms with Crippen LogP contribution in [0, 0.1) is 0 Å². The minimum Gasteiger partial charge on any atom is -0.492 e. The Morgan fingerprint density at radius 2 is 1.72 bits per heavy atom. The number of amides is 2. The number of para-hydroxylation sites is 3. The van der Waals surface area contributed by atoms with E-state index in [1.165, 1.54) is 10.6 Å². The molecule has 0 radical (unpaired) electrons. The van der Waals surface area contributed by atoms with Crippen molar-refractivity contribution in [2.45, 2.75) is 32.7 Å². The van der Waals surface area contributed by atoms with Crippen molar-refractivity contribution in [2.75, 3.05) is 25.0 Å². The Morgan fingerprint density at radius 3 is 2.50 bits per heavy atom. The van der Waals surface area contributed by atoms with Crippen LogP contribution in [0.25, 0.3) is 10.9 Å². The first-order chi connectivity index (χ1) is 15.6. The maximum Gasteiger partial charge on any atom is 0.254 e. The van der Waals surface area contributed by atoms with Crippen molar-refractivity contribution in [2.24, 2.45) is 0 Å². The molecule has 4 rings (SSSR count). The van der Waals surface area contributed by atoms with E-state index >= 15 is 0 Å². The van der Waals surface area contributed by atoms with Crippen LogP contribution in [-0.2, 0) is 11.3 Å². The average molecular weight is 434 g/mol. The number of hydrogen-bond donors (Lipinski definition) is 1. The number of carbonyl (C=O) groups is 2. The number of nitrogens with zero attached hydrogens (tertiary/aromatic N) is 2. The van der Waals surface area contributed by atoms with E-state index in [2.05, 4.69) is 5.32 Å². The molecule has 1 saturated heterocycles. The minimum absolute atomic E-state index is 0.125. The molecule has 0 bridgehead atoms. The van der Waals surface area contributed by atoms with Gasteiger partial charge in [-0.25, -0.2) is 0 Å². The van der Waals surface area contributed by atoms with Crippen molar-refractivity contribution >= 4 is 28.4 Å². The molecule has 0 atom stereocenters. The summed E-state index contributed by atoms with van der Waals surface area (Å²) < 4.78 is 6.96. The standard InChI is InChI=1S/C25H27N3O4/c1-2-32-22-13-7-5-11-20(22)26-23(29)17-28-21-12-6-4-10-18(21)19(16-24(28)30)25(31)27-14-8-3-9-15-27/h4-7,10-13,16H,2-3,8-9,14-15,17H2,1H3,(H,26,29). The van der Waals surface area contributed by atoms with E-state index in [0.717, 1.165) is 19.3 Å². The van der Waals surface area contributed by atoms with Gasteiger partial charge in [-0.3, -0.25) is 19.0 Å². The second-order valence-electron chi connectivity index (χ2n) is 7.83. The van der Waals surface area contributed by atoms with E-state index in [4.69, 9.17) is 4.74 Å². The fourth-order valence-electron chi connectivity index (χ4n) is 4.13. The average Bonchev–Trinajstić information content (AvgIpc) is 2.82. The summed E-state index contributed by atoms with van der Waals surface area (Å²) >= 11 is 0. The van der Waals surface area contributed by atoms with Gasteiger partial charge in [0.15, 0.2) is 0 Å². The van der Waals surface area contributed by atoms with E-state index < -0.39 is 0 Å². The third-order valence-electron chi connectivity index (χ3n) is 5.66. The maximum atomic E-state index is 13.1. The van der Waals surface area contributed by atoms with Crippen LogP contribution < -0.4 is 15.6 Å². The number of fused-ring (bicyclic) bond motifs is 1. The number of hydrogen-bond acceptors (Lipinski definition) is 4. The van der Waals surface area contributed by atoms with Crippen LogP contribution in [0.5, 0.6) is 5.75 Å². The molecule has 2 amide bonds. The van der Waals surface area contributed by atoms with Gasteiger partial charge in [0.2, 0.25) is 5.91 Å². The Bertz CT molecular complexity index is 1200. The minimum atomic E-state index is -0.377. The molecule has 2 heterocycles. The number of pyridine rings is 1. The van der Waals surface area contributed by atoms with E-state index in [-0.39, 0.29) is 23.9 Å². The quantitative estimate of drug-likeness (QED) is 0.643. The monoisotopic (exact) mass is 433 g/mol. The van der Waals surface area contributed by atoms with Crippen LogP contribution in [0.15, 0.2) is 59.4 Å². The number of nitrogens with one attached hydrogen (secondary N) is 1. The summed E-state index contributed by atoms with van der Waals surface area (Å²) in [5, 5.41) is 3.50. The molecule has 2 aromatic carbocycles. The number of ether oxygens (including phenoxy) is 1. The first kappa shape index (κ1) is 21.6. The van der Waals surface area contributed by atoms with Gasteiger partial charge in [-0.15, -0.1) is 0 Å². The van der Waals surface area contributed by atoms with Crippen LogP contribution in [0.3, 0.4) is 0 Å². The highest BCUT2D eigenvalue weighted by Crippen LogP contribution is 2.24. The van der Waals surface area contributed by atoms with Gasteiger partial charge in [-0.2, -0.15) is 0 Å². The number of anilines is 1. The summed E-state index contributed by atoms with van der Waals surface area (Å²) in [5.74, 6) is 0.0998. The lowest BCUT2D eigenvalue weighted by Crippen LogP contribution is -2.37. The van der Waals surface area contributed by atoms with Crippen molar-refractivity contribution < 1.29 is 14.3 Å². The lowest BCUT2D eigenvalue weighted by molar-refractivity contribution is -0.116. The van der Waals surface area contributed by atoms with E-state index in [1.807, 2.05) is 30.0 Å². The maximum absolute atomic E-state index is 13.1. The number of likely N-dealkylation sites (tertiary alicyclic amines) is 1. The SMILES string of the molecule is CCOc1ccccc1NC(=O)Cn1c(=O)cc(C(=O)N2CCCCC2)c2ccccc21. The van der Waals surface area contributed by atoms with Gasteiger partial charge in [-0.1, -0.05) is 30.3 Å². The van der Waals surface area contributed by atoms with Crippen molar-refractivity contribution in [3.63, 3.8) is 0 Å². The second kappa shape index (κ2) is 9.68. The summed E-state index contributed by atoms with van der Waals surface area (Å²) in [6, 6.07) is 15.8. The molecule has 7 nitrogen and oxygen atoms in total.